The minimum atomic E-state index is 0.449. The largest absolute Gasteiger partial charge is 0.316 e. The number of hydrogen-bond donors (Lipinski definition) is 1. The molecule has 1 aliphatic heterocycles. The van der Waals surface area contributed by atoms with Crippen molar-refractivity contribution in [2.75, 3.05) is 32.7 Å². The molecule has 1 fully saturated rings. The van der Waals surface area contributed by atoms with E-state index in [4.69, 9.17) is 0 Å². The van der Waals surface area contributed by atoms with E-state index in [1.165, 1.54) is 51.9 Å². The highest BCUT2D eigenvalue weighted by Gasteiger charge is 2.27. The van der Waals surface area contributed by atoms with Crippen LogP contribution in [0.3, 0.4) is 0 Å². The van der Waals surface area contributed by atoms with Crippen molar-refractivity contribution in [1.29, 1.82) is 0 Å². The van der Waals surface area contributed by atoms with Crippen LogP contribution in [0.5, 0.6) is 0 Å². The molecule has 1 heterocycles. The number of rotatable bonds is 8. The van der Waals surface area contributed by atoms with Gasteiger partial charge in [-0.15, -0.1) is 0 Å². The molecule has 0 aliphatic carbocycles. The zero-order valence-electron chi connectivity index (χ0n) is 14.0. The molecule has 1 unspecified atom stereocenters. The number of hydrogen-bond acceptors (Lipinski definition) is 2. The van der Waals surface area contributed by atoms with Gasteiger partial charge in [-0.3, -0.25) is 0 Å². The monoisotopic (exact) mass is 268 g/mol. The summed E-state index contributed by atoms with van der Waals surface area (Å²) in [7, 11) is 0. The second kappa shape index (κ2) is 8.26. The fourth-order valence-corrected chi connectivity index (χ4v) is 3.25. The van der Waals surface area contributed by atoms with Gasteiger partial charge in [0.2, 0.25) is 0 Å². The third-order valence-corrected chi connectivity index (χ3v) is 4.44. The smallest absolute Gasteiger partial charge is 0.00475 e. The number of nitrogens with one attached hydrogen (secondary N) is 1. The zero-order valence-corrected chi connectivity index (χ0v) is 14.0. The van der Waals surface area contributed by atoms with Crippen molar-refractivity contribution in [3.05, 3.63) is 0 Å². The SMILES string of the molecule is CCCC(C)(CNCC(C)C)CN1CCC(C)CC1. The lowest BCUT2D eigenvalue weighted by Crippen LogP contribution is -2.45. The van der Waals surface area contributed by atoms with E-state index in [0.29, 0.717) is 5.41 Å². The van der Waals surface area contributed by atoms with Crippen molar-refractivity contribution in [2.45, 2.75) is 60.3 Å². The number of piperidine rings is 1. The molecule has 0 aromatic rings. The first-order chi connectivity index (χ1) is 8.95. The molecule has 19 heavy (non-hydrogen) atoms. The molecule has 1 atom stereocenters. The maximum Gasteiger partial charge on any atom is 0.00475 e. The highest BCUT2D eigenvalue weighted by atomic mass is 15.1. The number of nitrogens with zero attached hydrogens (tertiary/aromatic N) is 1. The molecule has 0 radical (unpaired) electrons. The molecule has 2 heteroatoms. The molecule has 1 aliphatic rings. The van der Waals surface area contributed by atoms with Crippen LogP contribution in [0.1, 0.15) is 60.3 Å². The third-order valence-electron chi connectivity index (χ3n) is 4.44. The topological polar surface area (TPSA) is 15.3 Å². The summed E-state index contributed by atoms with van der Waals surface area (Å²) in [6, 6.07) is 0. The molecule has 0 saturated carbocycles. The van der Waals surface area contributed by atoms with E-state index < -0.39 is 0 Å². The van der Waals surface area contributed by atoms with Gasteiger partial charge in [0.1, 0.15) is 0 Å². The predicted octanol–water partition coefficient (Wildman–Crippen LogP) is 3.77. The average molecular weight is 268 g/mol. The molecule has 1 N–H and O–H groups in total. The molecule has 2 nitrogen and oxygen atoms in total. The standard InChI is InChI=1S/C17H36N2/c1-6-9-17(5,13-18-12-15(2)3)14-19-10-7-16(4)8-11-19/h15-16,18H,6-14H2,1-5H3. The van der Waals surface area contributed by atoms with E-state index in [-0.39, 0.29) is 0 Å². The van der Waals surface area contributed by atoms with E-state index in [0.717, 1.165) is 18.4 Å². The van der Waals surface area contributed by atoms with Gasteiger partial charge in [-0.25, -0.2) is 0 Å². The molecule has 1 rings (SSSR count). The van der Waals surface area contributed by atoms with Crippen LogP contribution in [0, 0.1) is 17.3 Å². The van der Waals surface area contributed by atoms with Crippen molar-refractivity contribution in [2.24, 2.45) is 17.3 Å². The van der Waals surface area contributed by atoms with Crippen molar-refractivity contribution in [3.63, 3.8) is 0 Å². The van der Waals surface area contributed by atoms with Crippen LogP contribution in [0.15, 0.2) is 0 Å². The Morgan fingerprint density at radius 2 is 1.89 bits per heavy atom. The van der Waals surface area contributed by atoms with Crippen LogP contribution < -0.4 is 5.32 Å². The fraction of sp³-hybridized carbons (Fsp3) is 1.00. The minimum Gasteiger partial charge on any atom is -0.316 e. The summed E-state index contributed by atoms with van der Waals surface area (Å²) in [5, 5.41) is 3.68. The molecule has 0 aromatic carbocycles. The van der Waals surface area contributed by atoms with Crippen LogP contribution in [0.25, 0.3) is 0 Å². The lowest BCUT2D eigenvalue weighted by molar-refractivity contribution is 0.114. The summed E-state index contributed by atoms with van der Waals surface area (Å²) >= 11 is 0. The van der Waals surface area contributed by atoms with Crippen molar-refractivity contribution < 1.29 is 0 Å². The summed E-state index contributed by atoms with van der Waals surface area (Å²) in [5.41, 5.74) is 0.449. The van der Waals surface area contributed by atoms with Crippen molar-refractivity contribution in [3.8, 4) is 0 Å². The molecule has 0 spiro atoms. The van der Waals surface area contributed by atoms with Gasteiger partial charge in [0.25, 0.3) is 0 Å². The average Bonchev–Trinajstić information content (AvgIpc) is 2.32. The quantitative estimate of drug-likeness (QED) is 0.721. The van der Waals surface area contributed by atoms with E-state index in [9.17, 15) is 0 Å². The molecule has 0 bridgehead atoms. The van der Waals surface area contributed by atoms with E-state index in [2.05, 4.69) is 44.8 Å². The Kier molecular flexibility index (Phi) is 7.38. The Hall–Kier alpha value is -0.0800. The van der Waals surface area contributed by atoms with E-state index in [1.807, 2.05) is 0 Å². The zero-order chi connectivity index (χ0) is 14.3. The van der Waals surface area contributed by atoms with Crippen LogP contribution in [0.4, 0.5) is 0 Å². The highest BCUT2D eigenvalue weighted by molar-refractivity contribution is 4.82. The van der Waals surface area contributed by atoms with Gasteiger partial charge < -0.3 is 10.2 Å². The lowest BCUT2D eigenvalue weighted by atomic mass is 9.83. The molecular weight excluding hydrogens is 232 g/mol. The minimum absolute atomic E-state index is 0.449. The van der Waals surface area contributed by atoms with Crippen LogP contribution in [-0.2, 0) is 0 Å². The van der Waals surface area contributed by atoms with E-state index >= 15 is 0 Å². The van der Waals surface area contributed by atoms with Gasteiger partial charge in [0, 0.05) is 13.1 Å². The van der Waals surface area contributed by atoms with Crippen LogP contribution >= 0.6 is 0 Å². The summed E-state index contributed by atoms with van der Waals surface area (Å²) in [4.78, 5) is 2.70. The summed E-state index contributed by atoms with van der Waals surface area (Å²) in [5.74, 6) is 1.69. The predicted molar refractivity (Wildman–Crippen MR) is 85.6 cm³/mol. The molecule has 0 aromatic heterocycles. The van der Waals surface area contributed by atoms with Gasteiger partial charge >= 0.3 is 0 Å². The maximum absolute atomic E-state index is 3.68. The Balaban J connectivity index is 2.40. The van der Waals surface area contributed by atoms with Gasteiger partial charge in [-0.2, -0.15) is 0 Å². The second-order valence-electron chi connectivity index (χ2n) is 7.54. The van der Waals surface area contributed by atoms with Crippen LogP contribution in [-0.4, -0.2) is 37.6 Å². The van der Waals surface area contributed by atoms with Gasteiger partial charge in [-0.05, 0) is 56.1 Å². The Labute approximate surface area is 121 Å². The van der Waals surface area contributed by atoms with E-state index in [1.54, 1.807) is 0 Å². The second-order valence-corrected chi connectivity index (χ2v) is 7.54. The van der Waals surface area contributed by atoms with Crippen LogP contribution in [0.2, 0.25) is 0 Å². The lowest BCUT2D eigenvalue weighted by Gasteiger charge is -2.39. The Morgan fingerprint density at radius 3 is 2.42 bits per heavy atom. The Morgan fingerprint density at radius 1 is 1.26 bits per heavy atom. The molecule has 1 saturated heterocycles. The van der Waals surface area contributed by atoms with Gasteiger partial charge in [0.15, 0.2) is 0 Å². The summed E-state index contributed by atoms with van der Waals surface area (Å²) in [6.45, 7) is 18.0. The first kappa shape index (κ1) is 17.0. The third kappa shape index (κ3) is 6.76. The first-order valence-corrected chi connectivity index (χ1v) is 8.38. The van der Waals surface area contributed by atoms with Gasteiger partial charge in [0.05, 0.1) is 0 Å². The fourth-order valence-electron chi connectivity index (χ4n) is 3.25. The maximum atomic E-state index is 3.68. The normalized spacial score (nSPS) is 21.8. The van der Waals surface area contributed by atoms with Crippen molar-refractivity contribution in [1.82, 2.24) is 10.2 Å². The van der Waals surface area contributed by atoms with Crippen molar-refractivity contribution >= 4 is 0 Å². The molecule has 0 amide bonds. The summed E-state index contributed by atoms with van der Waals surface area (Å²) < 4.78 is 0. The first-order valence-electron chi connectivity index (χ1n) is 8.38. The molecule has 114 valence electrons. The Bertz CT molecular complexity index is 231. The summed E-state index contributed by atoms with van der Waals surface area (Å²) in [6.07, 6.45) is 5.41. The highest BCUT2D eigenvalue weighted by Crippen LogP contribution is 2.26. The molecular formula is C17H36N2. The van der Waals surface area contributed by atoms with Gasteiger partial charge in [-0.1, -0.05) is 41.0 Å². The number of likely N-dealkylation sites (tertiary alicyclic amines) is 1.